The molecule has 0 atom stereocenters. The molecule has 0 aromatic heterocycles. The average Bonchev–Trinajstić information content (AvgIpc) is 2.33. The Labute approximate surface area is 119 Å². The number of ether oxygens (including phenoxy) is 1. The summed E-state index contributed by atoms with van der Waals surface area (Å²) in [4.78, 5) is 10.3. The summed E-state index contributed by atoms with van der Waals surface area (Å²) in [6.07, 6.45) is 0. The summed E-state index contributed by atoms with van der Waals surface area (Å²) >= 11 is 1.97. The van der Waals surface area contributed by atoms with Gasteiger partial charge in [-0.1, -0.05) is 0 Å². The van der Waals surface area contributed by atoms with Crippen molar-refractivity contribution in [1.82, 2.24) is 5.32 Å². The SMILES string of the molecule is COCCNCCNc1ccc([N+](=O)[O-])c(I)c1. The number of anilines is 1. The van der Waals surface area contributed by atoms with Crippen LogP contribution in [0.2, 0.25) is 0 Å². The van der Waals surface area contributed by atoms with Gasteiger partial charge >= 0.3 is 0 Å². The second kappa shape index (κ2) is 8.22. The van der Waals surface area contributed by atoms with Crippen LogP contribution >= 0.6 is 22.6 Å². The van der Waals surface area contributed by atoms with Gasteiger partial charge in [0.25, 0.3) is 5.69 Å². The van der Waals surface area contributed by atoms with Crippen LogP contribution in [0.5, 0.6) is 0 Å². The van der Waals surface area contributed by atoms with Crippen molar-refractivity contribution in [1.29, 1.82) is 0 Å². The lowest BCUT2D eigenvalue weighted by atomic mass is 10.3. The number of halogens is 1. The topological polar surface area (TPSA) is 76.4 Å². The Bertz CT molecular complexity index is 401. The van der Waals surface area contributed by atoms with Gasteiger partial charge in [0.05, 0.1) is 15.1 Å². The van der Waals surface area contributed by atoms with E-state index >= 15 is 0 Å². The Balaban J connectivity index is 2.35. The van der Waals surface area contributed by atoms with E-state index in [0.717, 1.165) is 25.3 Å². The van der Waals surface area contributed by atoms with Crippen molar-refractivity contribution in [3.8, 4) is 0 Å². The van der Waals surface area contributed by atoms with Gasteiger partial charge in [0.2, 0.25) is 0 Å². The summed E-state index contributed by atoms with van der Waals surface area (Å²) in [5.41, 5.74) is 1.03. The van der Waals surface area contributed by atoms with E-state index in [9.17, 15) is 10.1 Å². The number of hydrogen-bond donors (Lipinski definition) is 2. The molecule has 0 spiro atoms. The second-order valence-corrected chi connectivity index (χ2v) is 4.76. The molecule has 18 heavy (non-hydrogen) atoms. The van der Waals surface area contributed by atoms with Crippen molar-refractivity contribution < 1.29 is 9.66 Å². The van der Waals surface area contributed by atoms with Crippen LogP contribution < -0.4 is 10.6 Å². The Kier molecular flexibility index (Phi) is 6.91. The maximum Gasteiger partial charge on any atom is 0.282 e. The Morgan fingerprint density at radius 3 is 2.78 bits per heavy atom. The van der Waals surface area contributed by atoms with Gasteiger partial charge in [-0.25, -0.2) is 0 Å². The molecular weight excluding hydrogens is 349 g/mol. The first-order chi connectivity index (χ1) is 8.65. The van der Waals surface area contributed by atoms with Gasteiger partial charge in [-0.3, -0.25) is 10.1 Å². The highest BCUT2D eigenvalue weighted by atomic mass is 127. The van der Waals surface area contributed by atoms with Gasteiger partial charge in [-0.2, -0.15) is 0 Å². The number of benzene rings is 1. The fourth-order valence-corrected chi connectivity index (χ4v) is 2.07. The lowest BCUT2D eigenvalue weighted by Gasteiger charge is -2.08. The highest BCUT2D eigenvalue weighted by molar-refractivity contribution is 14.1. The predicted octanol–water partition coefficient (Wildman–Crippen LogP) is 1.85. The summed E-state index contributed by atoms with van der Waals surface area (Å²) in [5, 5.41) is 17.1. The minimum atomic E-state index is -0.377. The lowest BCUT2D eigenvalue weighted by Crippen LogP contribution is -2.25. The first-order valence-electron chi connectivity index (χ1n) is 5.52. The molecule has 0 aliphatic carbocycles. The molecule has 100 valence electrons. The molecule has 7 heteroatoms. The molecule has 0 radical (unpaired) electrons. The van der Waals surface area contributed by atoms with Crippen molar-refractivity contribution in [2.75, 3.05) is 38.7 Å². The first kappa shape index (κ1) is 15.1. The summed E-state index contributed by atoms with van der Waals surface area (Å²) in [6, 6.07) is 5.01. The molecule has 0 unspecified atom stereocenters. The third-order valence-corrected chi connectivity index (χ3v) is 3.12. The van der Waals surface area contributed by atoms with Crippen LogP contribution in [0, 0.1) is 13.7 Å². The van der Waals surface area contributed by atoms with Crippen molar-refractivity contribution >= 4 is 34.0 Å². The van der Waals surface area contributed by atoms with Crippen LogP contribution in [-0.4, -0.2) is 38.3 Å². The normalized spacial score (nSPS) is 10.3. The molecule has 2 N–H and O–H groups in total. The zero-order chi connectivity index (χ0) is 13.4. The molecule has 0 heterocycles. The number of nitro benzene ring substituents is 1. The van der Waals surface area contributed by atoms with Crippen molar-refractivity contribution in [2.45, 2.75) is 0 Å². The number of methoxy groups -OCH3 is 1. The van der Waals surface area contributed by atoms with Crippen LogP contribution in [0.1, 0.15) is 0 Å². The summed E-state index contributed by atoms with van der Waals surface area (Å²) in [7, 11) is 1.67. The first-order valence-corrected chi connectivity index (χ1v) is 6.60. The second-order valence-electron chi connectivity index (χ2n) is 3.59. The zero-order valence-corrected chi connectivity index (χ0v) is 12.3. The summed E-state index contributed by atoms with van der Waals surface area (Å²) in [6.45, 7) is 3.08. The molecule has 0 bridgehead atoms. The third kappa shape index (κ3) is 5.15. The van der Waals surface area contributed by atoms with E-state index in [-0.39, 0.29) is 10.6 Å². The van der Waals surface area contributed by atoms with E-state index in [0.29, 0.717) is 10.2 Å². The molecule has 1 aromatic rings. The number of nitrogens with one attached hydrogen (secondary N) is 2. The lowest BCUT2D eigenvalue weighted by molar-refractivity contribution is -0.385. The van der Waals surface area contributed by atoms with E-state index in [1.165, 1.54) is 6.07 Å². The number of nitro groups is 1. The largest absolute Gasteiger partial charge is 0.384 e. The van der Waals surface area contributed by atoms with Crippen molar-refractivity contribution in [3.63, 3.8) is 0 Å². The van der Waals surface area contributed by atoms with E-state index in [2.05, 4.69) is 10.6 Å². The minimum Gasteiger partial charge on any atom is -0.384 e. The van der Waals surface area contributed by atoms with Crippen LogP contribution in [-0.2, 0) is 4.74 Å². The number of rotatable bonds is 8. The minimum absolute atomic E-state index is 0.138. The highest BCUT2D eigenvalue weighted by Gasteiger charge is 2.10. The van der Waals surface area contributed by atoms with E-state index in [4.69, 9.17) is 4.74 Å². The van der Waals surface area contributed by atoms with Gasteiger partial charge in [-0.15, -0.1) is 0 Å². The van der Waals surface area contributed by atoms with Gasteiger partial charge < -0.3 is 15.4 Å². The van der Waals surface area contributed by atoms with E-state index in [1.54, 1.807) is 19.2 Å². The molecule has 0 saturated heterocycles. The molecule has 0 amide bonds. The maximum atomic E-state index is 10.7. The fourth-order valence-electron chi connectivity index (χ4n) is 1.36. The monoisotopic (exact) mass is 365 g/mol. The van der Waals surface area contributed by atoms with Crippen molar-refractivity contribution in [2.24, 2.45) is 0 Å². The number of nitrogens with zero attached hydrogens (tertiary/aromatic N) is 1. The number of hydrogen-bond acceptors (Lipinski definition) is 5. The van der Waals surface area contributed by atoms with E-state index in [1.807, 2.05) is 22.6 Å². The Hall–Kier alpha value is -0.930. The molecule has 1 rings (SSSR count). The summed E-state index contributed by atoms with van der Waals surface area (Å²) in [5.74, 6) is 0. The molecule has 0 aliphatic heterocycles. The highest BCUT2D eigenvalue weighted by Crippen LogP contribution is 2.23. The van der Waals surface area contributed by atoms with Crippen molar-refractivity contribution in [3.05, 3.63) is 31.9 Å². The smallest absolute Gasteiger partial charge is 0.282 e. The average molecular weight is 365 g/mol. The van der Waals surface area contributed by atoms with Crippen LogP contribution in [0.3, 0.4) is 0 Å². The van der Waals surface area contributed by atoms with Crippen LogP contribution in [0.4, 0.5) is 11.4 Å². The fraction of sp³-hybridized carbons (Fsp3) is 0.455. The standard InChI is InChI=1S/C11H16IN3O3/c1-18-7-6-13-4-5-14-9-2-3-11(15(16)17)10(12)8-9/h2-3,8,13-14H,4-7H2,1H3. The van der Waals surface area contributed by atoms with Gasteiger partial charge in [-0.05, 0) is 34.7 Å². The van der Waals surface area contributed by atoms with Gasteiger partial charge in [0.15, 0.2) is 0 Å². The molecule has 0 aliphatic rings. The molecular formula is C11H16IN3O3. The van der Waals surface area contributed by atoms with E-state index < -0.39 is 0 Å². The van der Waals surface area contributed by atoms with Gasteiger partial charge in [0, 0.05) is 38.5 Å². The quantitative estimate of drug-likeness (QED) is 0.318. The molecule has 1 aromatic carbocycles. The third-order valence-electron chi connectivity index (χ3n) is 2.26. The summed E-state index contributed by atoms with van der Waals surface area (Å²) < 4.78 is 5.54. The molecule has 0 saturated carbocycles. The molecule has 6 nitrogen and oxygen atoms in total. The van der Waals surface area contributed by atoms with Crippen LogP contribution in [0.15, 0.2) is 18.2 Å². The zero-order valence-electron chi connectivity index (χ0n) is 10.1. The van der Waals surface area contributed by atoms with Crippen LogP contribution in [0.25, 0.3) is 0 Å². The Morgan fingerprint density at radius 2 is 2.17 bits per heavy atom. The molecule has 0 fully saturated rings. The van der Waals surface area contributed by atoms with Gasteiger partial charge in [0.1, 0.15) is 0 Å². The maximum absolute atomic E-state index is 10.7. The Morgan fingerprint density at radius 1 is 1.39 bits per heavy atom. The predicted molar refractivity (Wildman–Crippen MR) is 79.0 cm³/mol.